The molecule has 3 rings (SSSR count). The summed E-state index contributed by atoms with van der Waals surface area (Å²) < 4.78 is 5.52. The zero-order valence-corrected chi connectivity index (χ0v) is 18.7. The first-order valence-corrected chi connectivity index (χ1v) is 11.4. The number of anilines is 1. The fraction of sp³-hybridized carbons (Fsp3) is 0.286. The van der Waals surface area contributed by atoms with Crippen LogP contribution in [-0.2, 0) is 17.6 Å². The number of ether oxygens (including phenoxy) is 1. The number of hydrogen-bond donors (Lipinski definition) is 1. The zero-order chi connectivity index (χ0) is 22.6. The number of carbonyl (C=O) groups excluding carboxylic acids is 2. The Kier molecular flexibility index (Phi) is 9.05. The maximum absolute atomic E-state index is 12.5. The first kappa shape index (κ1) is 23.3. The third-order valence-electron chi connectivity index (χ3n) is 5.29. The Morgan fingerprint density at radius 1 is 0.781 bits per heavy atom. The van der Waals surface area contributed by atoms with Gasteiger partial charge in [-0.15, -0.1) is 0 Å². The van der Waals surface area contributed by atoms with E-state index in [1.807, 2.05) is 54.6 Å². The van der Waals surface area contributed by atoms with Gasteiger partial charge in [-0.3, -0.25) is 4.79 Å². The number of carbonyl (C=O) groups is 2. The van der Waals surface area contributed by atoms with Crippen molar-refractivity contribution in [3.8, 4) is 5.75 Å². The van der Waals surface area contributed by atoms with Crippen LogP contribution in [0, 0.1) is 0 Å². The van der Waals surface area contributed by atoms with Crippen molar-refractivity contribution in [3.05, 3.63) is 95.6 Å². The number of rotatable bonds is 11. The molecule has 0 aliphatic carbocycles. The van der Waals surface area contributed by atoms with Crippen molar-refractivity contribution in [2.45, 2.75) is 51.9 Å². The van der Waals surface area contributed by atoms with Crippen LogP contribution in [0.1, 0.15) is 60.5 Å². The van der Waals surface area contributed by atoms with Gasteiger partial charge in [0.15, 0.2) is 0 Å². The molecule has 4 nitrogen and oxygen atoms in total. The Hall–Kier alpha value is -3.40. The average molecular weight is 430 g/mol. The lowest BCUT2D eigenvalue weighted by Crippen LogP contribution is -2.14. The minimum Gasteiger partial charge on any atom is -0.423 e. The number of hydrogen-bond acceptors (Lipinski definition) is 3. The second-order valence-electron chi connectivity index (χ2n) is 7.99. The zero-order valence-electron chi connectivity index (χ0n) is 18.7. The fourth-order valence-electron chi connectivity index (χ4n) is 3.53. The molecule has 32 heavy (non-hydrogen) atoms. The van der Waals surface area contributed by atoms with E-state index >= 15 is 0 Å². The Balaban J connectivity index is 1.51. The largest absolute Gasteiger partial charge is 0.423 e. The number of benzene rings is 3. The van der Waals surface area contributed by atoms with Gasteiger partial charge in [0.1, 0.15) is 5.75 Å². The summed E-state index contributed by atoms with van der Waals surface area (Å²) >= 11 is 0. The van der Waals surface area contributed by atoms with Gasteiger partial charge in [-0.05, 0) is 48.2 Å². The van der Waals surface area contributed by atoms with Crippen molar-refractivity contribution < 1.29 is 14.3 Å². The molecule has 0 saturated carbocycles. The molecule has 0 unspecified atom stereocenters. The van der Waals surface area contributed by atoms with Crippen LogP contribution < -0.4 is 10.1 Å². The Labute approximate surface area is 190 Å². The van der Waals surface area contributed by atoms with Crippen molar-refractivity contribution in [1.82, 2.24) is 0 Å². The SMILES string of the molecule is CCCCCCCc1ccc(C(=O)Oc2cccc(NC(=O)Cc3ccccc3)c2)cc1. The van der Waals surface area contributed by atoms with Crippen LogP contribution in [0.15, 0.2) is 78.9 Å². The first-order chi connectivity index (χ1) is 15.6. The highest BCUT2D eigenvalue weighted by Gasteiger charge is 2.10. The van der Waals surface area contributed by atoms with E-state index < -0.39 is 5.97 Å². The van der Waals surface area contributed by atoms with Gasteiger partial charge < -0.3 is 10.1 Å². The molecule has 0 aromatic heterocycles. The van der Waals surface area contributed by atoms with E-state index in [1.165, 1.54) is 37.7 Å². The van der Waals surface area contributed by atoms with Gasteiger partial charge in [0.05, 0.1) is 12.0 Å². The van der Waals surface area contributed by atoms with Crippen LogP contribution in [0.3, 0.4) is 0 Å². The van der Waals surface area contributed by atoms with Crippen molar-refractivity contribution in [3.63, 3.8) is 0 Å². The molecule has 3 aromatic carbocycles. The van der Waals surface area contributed by atoms with Gasteiger partial charge in [0.2, 0.25) is 5.91 Å². The smallest absolute Gasteiger partial charge is 0.343 e. The highest BCUT2D eigenvalue weighted by atomic mass is 16.5. The van der Waals surface area contributed by atoms with Gasteiger partial charge in [-0.25, -0.2) is 4.79 Å². The second kappa shape index (κ2) is 12.5. The van der Waals surface area contributed by atoms with Crippen molar-refractivity contribution in [2.24, 2.45) is 0 Å². The monoisotopic (exact) mass is 429 g/mol. The van der Waals surface area contributed by atoms with Gasteiger partial charge in [0.25, 0.3) is 0 Å². The Morgan fingerprint density at radius 3 is 2.28 bits per heavy atom. The maximum atomic E-state index is 12.5. The highest BCUT2D eigenvalue weighted by molar-refractivity contribution is 5.93. The van der Waals surface area contributed by atoms with Crippen LogP contribution in [0.25, 0.3) is 0 Å². The van der Waals surface area contributed by atoms with Crippen LogP contribution in [0.5, 0.6) is 5.75 Å². The molecule has 0 aliphatic heterocycles. The topological polar surface area (TPSA) is 55.4 Å². The molecule has 0 saturated heterocycles. The Bertz CT molecular complexity index is 997. The summed E-state index contributed by atoms with van der Waals surface area (Å²) in [5.41, 5.74) is 3.28. The normalized spacial score (nSPS) is 10.5. The number of nitrogens with one attached hydrogen (secondary N) is 1. The van der Waals surface area contributed by atoms with Crippen LogP contribution >= 0.6 is 0 Å². The van der Waals surface area contributed by atoms with Gasteiger partial charge in [-0.1, -0.05) is 81.1 Å². The lowest BCUT2D eigenvalue weighted by molar-refractivity contribution is -0.115. The molecule has 0 spiro atoms. The second-order valence-corrected chi connectivity index (χ2v) is 7.99. The highest BCUT2D eigenvalue weighted by Crippen LogP contribution is 2.19. The molecule has 0 bridgehead atoms. The van der Waals surface area contributed by atoms with E-state index in [0.717, 1.165) is 12.0 Å². The molecule has 0 radical (unpaired) electrons. The molecule has 0 atom stereocenters. The molecule has 3 aromatic rings. The third-order valence-corrected chi connectivity index (χ3v) is 5.29. The molecule has 1 amide bonds. The lowest BCUT2D eigenvalue weighted by atomic mass is 10.0. The molecule has 166 valence electrons. The third kappa shape index (κ3) is 7.69. The lowest BCUT2D eigenvalue weighted by Gasteiger charge is -2.09. The predicted molar refractivity (Wildman–Crippen MR) is 129 cm³/mol. The van der Waals surface area contributed by atoms with E-state index in [9.17, 15) is 9.59 Å². The van der Waals surface area contributed by atoms with Crippen LogP contribution in [0.4, 0.5) is 5.69 Å². The first-order valence-electron chi connectivity index (χ1n) is 11.4. The van der Waals surface area contributed by atoms with Crippen LogP contribution in [-0.4, -0.2) is 11.9 Å². The number of aryl methyl sites for hydroxylation is 1. The number of amides is 1. The van der Waals surface area contributed by atoms with Crippen molar-refractivity contribution in [2.75, 3.05) is 5.32 Å². The summed E-state index contributed by atoms with van der Waals surface area (Å²) in [5.74, 6) is -0.135. The fourth-order valence-corrected chi connectivity index (χ4v) is 3.53. The quantitative estimate of drug-likeness (QED) is 0.212. The molecule has 0 heterocycles. The molecule has 4 heteroatoms. The van der Waals surface area contributed by atoms with Crippen LogP contribution in [0.2, 0.25) is 0 Å². The standard InChI is InChI=1S/C28H31NO3/c1-2-3-4-5-7-11-22-16-18-24(19-17-22)28(31)32-26-15-10-14-25(21-26)29-27(30)20-23-12-8-6-9-13-23/h6,8-10,12-19,21H,2-5,7,11,20H2,1H3,(H,29,30). The maximum Gasteiger partial charge on any atom is 0.343 e. The van der Waals surface area contributed by atoms with E-state index in [0.29, 0.717) is 17.0 Å². The van der Waals surface area contributed by atoms with E-state index in [-0.39, 0.29) is 12.3 Å². The number of esters is 1. The summed E-state index contributed by atoms with van der Waals surface area (Å²) in [7, 11) is 0. The number of unbranched alkanes of at least 4 members (excludes halogenated alkanes) is 4. The van der Waals surface area contributed by atoms with E-state index in [2.05, 4.69) is 12.2 Å². The van der Waals surface area contributed by atoms with E-state index in [4.69, 9.17) is 4.74 Å². The Morgan fingerprint density at radius 2 is 1.53 bits per heavy atom. The predicted octanol–water partition coefficient (Wildman–Crippen LogP) is 6.60. The summed E-state index contributed by atoms with van der Waals surface area (Å²) in [6, 6.07) is 24.1. The summed E-state index contributed by atoms with van der Waals surface area (Å²) in [6.07, 6.45) is 7.57. The average Bonchev–Trinajstić information content (AvgIpc) is 2.80. The van der Waals surface area contributed by atoms with Gasteiger partial charge >= 0.3 is 5.97 Å². The van der Waals surface area contributed by atoms with E-state index in [1.54, 1.807) is 24.3 Å². The minimum atomic E-state index is -0.410. The van der Waals surface area contributed by atoms with Gasteiger partial charge in [0, 0.05) is 11.8 Å². The minimum absolute atomic E-state index is 0.120. The summed E-state index contributed by atoms with van der Waals surface area (Å²) in [4.78, 5) is 24.8. The van der Waals surface area contributed by atoms with Gasteiger partial charge in [-0.2, -0.15) is 0 Å². The molecule has 1 N–H and O–H groups in total. The molecular formula is C28H31NO3. The molecular weight excluding hydrogens is 398 g/mol. The summed E-state index contributed by atoms with van der Waals surface area (Å²) in [6.45, 7) is 2.22. The van der Waals surface area contributed by atoms with Crippen molar-refractivity contribution in [1.29, 1.82) is 0 Å². The summed E-state index contributed by atoms with van der Waals surface area (Å²) in [5, 5.41) is 2.85. The van der Waals surface area contributed by atoms with Crippen molar-refractivity contribution >= 4 is 17.6 Å². The molecule has 0 aliphatic rings. The molecule has 0 fully saturated rings.